The fourth-order valence-electron chi connectivity index (χ4n) is 1.85. The zero-order chi connectivity index (χ0) is 13.7. The van der Waals surface area contributed by atoms with Gasteiger partial charge in [-0.15, -0.1) is 0 Å². The lowest BCUT2D eigenvalue weighted by atomic mass is 10.1. The van der Waals surface area contributed by atoms with E-state index in [0.29, 0.717) is 13.1 Å². The van der Waals surface area contributed by atoms with Gasteiger partial charge in [0.2, 0.25) is 0 Å². The van der Waals surface area contributed by atoms with Crippen LogP contribution in [0.4, 0.5) is 4.39 Å². The summed E-state index contributed by atoms with van der Waals surface area (Å²) in [4.78, 5) is 12.9. The van der Waals surface area contributed by atoms with Crippen LogP contribution in [0.15, 0.2) is 18.2 Å². The van der Waals surface area contributed by atoms with E-state index in [1.165, 1.54) is 12.1 Å². The molecule has 100 valence electrons. The summed E-state index contributed by atoms with van der Waals surface area (Å²) in [6.07, 6.45) is 0. The van der Waals surface area contributed by atoms with Crippen LogP contribution in [0.1, 0.15) is 25.0 Å². The highest BCUT2D eigenvalue weighted by molar-refractivity contribution is 5.69. The zero-order valence-corrected chi connectivity index (χ0v) is 11.1. The molecule has 3 nitrogen and oxygen atoms in total. The highest BCUT2D eigenvalue weighted by Crippen LogP contribution is 2.13. The number of aryl methyl sites for hydroxylation is 1. The van der Waals surface area contributed by atoms with Gasteiger partial charge in [0.25, 0.3) is 0 Å². The maximum Gasteiger partial charge on any atom is 0.307 e. The predicted octanol–water partition coefficient (Wildman–Crippen LogP) is 2.68. The maximum atomic E-state index is 13.0. The van der Waals surface area contributed by atoms with Crippen LogP contribution in [-0.4, -0.2) is 29.1 Å². The smallest absolute Gasteiger partial charge is 0.307 e. The van der Waals surface area contributed by atoms with Gasteiger partial charge in [0, 0.05) is 13.1 Å². The Hall–Kier alpha value is -1.42. The standard InChI is InChI=1S/C14H20FNO2/c1-4-16(8-11(3)14(17)18)9-12-5-6-13(15)7-10(12)2/h5-7,11H,4,8-9H2,1-3H3,(H,17,18). The number of aliphatic carboxylic acids is 1. The molecule has 1 aromatic rings. The molecular weight excluding hydrogens is 233 g/mol. The molecule has 0 aromatic heterocycles. The van der Waals surface area contributed by atoms with Gasteiger partial charge < -0.3 is 5.11 Å². The molecule has 0 bridgehead atoms. The molecule has 1 unspecified atom stereocenters. The van der Waals surface area contributed by atoms with Gasteiger partial charge in [-0.3, -0.25) is 9.69 Å². The second-order valence-electron chi connectivity index (χ2n) is 4.64. The number of carboxylic acids is 1. The van der Waals surface area contributed by atoms with E-state index >= 15 is 0 Å². The molecule has 1 aromatic carbocycles. The fourth-order valence-corrected chi connectivity index (χ4v) is 1.85. The van der Waals surface area contributed by atoms with E-state index in [9.17, 15) is 9.18 Å². The molecular formula is C14H20FNO2. The maximum absolute atomic E-state index is 13.0. The lowest BCUT2D eigenvalue weighted by Crippen LogP contribution is -2.31. The van der Waals surface area contributed by atoms with Crippen LogP contribution in [-0.2, 0) is 11.3 Å². The second kappa shape index (κ2) is 6.50. The first kappa shape index (κ1) is 14.6. The molecule has 0 spiro atoms. The van der Waals surface area contributed by atoms with Crippen LogP contribution in [0.2, 0.25) is 0 Å². The molecule has 0 saturated carbocycles. The van der Waals surface area contributed by atoms with E-state index in [-0.39, 0.29) is 5.82 Å². The Balaban J connectivity index is 2.70. The van der Waals surface area contributed by atoms with Crippen molar-refractivity contribution >= 4 is 5.97 Å². The minimum absolute atomic E-state index is 0.238. The van der Waals surface area contributed by atoms with Crippen LogP contribution >= 0.6 is 0 Å². The second-order valence-corrected chi connectivity index (χ2v) is 4.64. The number of halogens is 1. The summed E-state index contributed by atoms with van der Waals surface area (Å²) < 4.78 is 13.0. The number of benzene rings is 1. The van der Waals surface area contributed by atoms with Crippen LogP contribution in [0, 0.1) is 18.7 Å². The van der Waals surface area contributed by atoms with Gasteiger partial charge in [0.15, 0.2) is 0 Å². The van der Waals surface area contributed by atoms with Crippen LogP contribution < -0.4 is 0 Å². The molecule has 0 aliphatic carbocycles. The van der Waals surface area contributed by atoms with Gasteiger partial charge in [0.05, 0.1) is 5.92 Å². The number of nitrogens with zero attached hydrogens (tertiary/aromatic N) is 1. The minimum Gasteiger partial charge on any atom is -0.481 e. The predicted molar refractivity (Wildman–Crippen MR) is 68.9 cm³/mol. The van der Waals surface area contributed by atoms with Crippen molar-refractivity contribution in [3.63, 3.8) is 0 Å². The lowest BCUT2D eigenvalue weighted by Gasteiger charge is -2.23. The zero-order valence-electron chi connectivity index (χ0n) is 11.1. The summed E-state index contributed by atoms with van der Waals surface area (Å²) in [6.45, 7) is 7.49. The Morgan fingerprint density at radius 2 is 2.17 bits per heavy atom. The van der Waals surface area contributed by atoms with Gasteiger partial charge in [-0.1, -0.05) is 19.9 Å². The average molecular weight is 253 g/mol. The van der Waals surface area contributed by atoms with Crippen LogP contribution in [0.3, 0.4) is 0 Å². The molecule has 1 N–H and O–H groups in total. The van der Waals surface area contributed by atoms with E-state index in [1.54, 1.807) is 13.0 Å². The quantitative estimate of drug-likeness (QED) is 0.847. The normalized spacial score (nSPS) is 12.7. The SMILES string of the molecule is CCN(Cc1ccc(F)cc1C)CC(C)C(=O)O. The number of carboxylic acid groups (broad SMARTS) is 1. The molecule has 0 amide bonds. The number of rotatable bonds is 6. The topological polar surface area (TPSA) is 40.5 Å². The molecule has 0 fully saturated rings. The third kappa shape index (κ3) is 4.11. The monoisotopic (exact) mass is 253 g/mol. The highest BCUT2D eigenvalue weighted by Gasteiger charge is 2.15. The lowest BCUT2D eigenvalue weighted by molar-refractivity contribution is -0.141. The summed E-state index contributed by atoms with van der Waals surface area (Å²) in [7, 11) is 0. The van der Waals surface area contributed by atoms with Gasteiger partial charge in [-0.25, -0.2) is 4.39 Å². The first-order chi connectivity index (χ1) is 8.43. The highest BCUT2D eigenvalue weighted by atomic mass is 19.1. The van der Waals surface area contributed by atoms with Crippen molar-refractivity contribution in [1.82, 2.24) is 4.90 Å². The summed E-state index contributed by atoms with van der Waals surface area (Å²) in [5, 5.41) is 8.91. The molecule has 0 radical (unpaired) electrons. The summed E-state index contributed by atoms with van der Waals surface area (Å²) in [6, 6.07) is 4.71. The molecule has 0 aliphatic heterocycles. The van der Waals surface area contributed by atoms with E-state index in [0.717, 1.165) is 17.7 Å². The average Bonchev–Trinajstić information content (AvgIpc) is 2.31. The molecule has 0 heterocycles. The van der Waals surface area contributed by atoms with E-state index in [4.69, 9.17) is 5.11 Å². The van der Waals surface area contributed by atoms with Crippen molar-refractivity contribution < 1.29 is 14.3 Å². The van der Waals surface area contributed by atoms with Gasteiger partial charge in [-0.2, -0.15) is 0 Å². The summed E-state index contributed by atoms with van der Waals surface area (Å²) >= 11 is 0. The van der Waals surface area contributed by atoms with Crippen molar-refractivity contribution in [2.75, 3.05) is 13.1 Å². The van der Waals surface area contributed by atoms with Crippen LogP contribution in [0.25, 0.3) is 0 Å². The summed E-state index contributed by atoms with van der Waals surface area (Å²) in [5.74, 6) is -1.42. The van der Waals surface area contributed by atoms with E-state index in [1.807, 2.05) is 13.8 Å². The Labute approximate surface area is 107 Å². The molecule has 4 heteroatoms. The van der Waals surface area contributed by atoms with Crippen molar-refractivity contribution in [3.05, 3.63) is 35.1 Å². The largest absolute Gasteiger partial charge is 0.481 e. The van der Waals surface area contributed by atoms with Gasteiger partial charge in [-0.05, 0) is 36.7 Å². The third-order valence-electron chi connectivity index (χ3n) is 3.10. The fraction of sp³-hybridized carbons (Fsp3) is 0.500. The van der Waals surface area contributed by atoms with Gasteiger partial charge in [0.1, 0.15) is 5.82 Å². The molecule has 0 aliphatic rings. The first-order valence-electron chi connectivity index (χ1n) is 6.14. The molecule has 1 rings (SSSR count). The van der Waals surface area contributed by atoms with E-state index < -0.39 is 11.9 Å². The number of hydrogen-bond acceptors (Lipinski definition) is 2. The van der Waals surface area contributed by atoms with Crippen LogP contribution in [0.5, 0.6) is 0 Å². The van der Waals surface area contributed by atoms with Crippen molar-refractivity contribution in [1.29, 1.82) is 0 Å². The Kier molecular flexibility index (Phi) is 5.28. The minimum atomic E-state index is -0.788. The third-order valence-corrected chi connectivity index (χ3v) is 3.10. The molecule has 1 atom stereocenters. The number of carbonyl (C=O) groups is 1. The number of hydrogen-bond donors (Lipinski definition) is 1. The molecule has 0 saturated heterocycles. The van der Waals surface area contributed by atoms with Crippen molar-refractivity contribution in [3.8, 4) is 0 Å². The van der Waals surface area contributed by atoms with Crippen molar-refractivity contribution in [2.24, 2.45) is 5.92 Å². The van der Waals surface area contributed by atoms with Crippen molar-refractivity contribution in [2.45, 2.75) is 27.3 Å². The van der Waals surface area contributed by atoms with Gasteiger partial charge >= 0.3 is 5.97 Å². The Morgan fingerprint density at radius 3 is 2.67 bits per heavy atom. The van der Waals surface area contributed by atoms with E-state index in [2.05, 4.69) is 4.90 Å². The Morgan fingerprint density at radius 1 is 1.50 bits per heavy atom. The molecule has 18 heavy (non-hydrogen) atoms. The first-order valence-corrected chi connectivity index (χ1v) is 6.14. The summed E-state index contributed by atoms with van der Waals surface area (Å²) in [5.41, 5.74) is 1.94. The Bertz CT molecular complexity index is 420.